The minimum absolute atomic E-state index is 0.295. The molecule has 1 saturated carbocycles. The molecule has 1 aliphatic rings. The first-order valence-electron chi connectivity index (χ1n) is 3.58. The van der Waals surface area contributed by atoms with Crippen LogP contribution < -0.4 is 0 Å². The van der Waals surface area contributed by atoms with Crippen molar-refractivity contribution in [2.75, 3.05) is 6.61 Å². The highest BCUT2D eigenvalue weighted by Crippen LogP contribution is 2.30. The molecule has 0 heterocycles. The molecule has 0 radical (unpaired) electrons. The van der Waals surface area contributed by atoms with Crippen molar-refractivity contribution in [1.29, 1.82) is 0 Å². The molecule has 1 fully saturated rings. The van der Waals surface area contributed by atoms with Crippen LogP contribution in [0.5, 0.6) is 0 Å². The summed E-state index contributed by atoms with van der Waals surface area (Å²) in [5.74, 6) is 0.576. The standard InChI is InChI=1S/C7H13FO/c8-7(5-9)4-6-2-1-3-6/h6-7,9H,1-5H2. The summed E-state index contributed by atoms with van der Waals surface area (Å²) in [6.07, 6.45) is 3.20. The quantitative estimate of drug-likeness (QED) is 0.617. The third-order valence-electron chi connectivity index (χ3n) is 2.01. The normalized spacial score (nSPS) is 23.3. The molecule has 1 rings (SSSR count). The summed E-state index contributed by atoms with van der Waals surface area (Å²) in [7, 11) is 0. The van der Waals surface area contributed by atoms with E-state index in [1.165, 1.54) is 19.3 Å². The lowest BCUT2D eigenvalue weighted by molar-refractivity contribution is 0.131. The SMILES string of the molecule is OCC(F)CC1CCC1. The van der Waals surface area contributed by atoms with Gasteiger partial charge in [-0.3, -0.25) is 0 Å². The number of halogens is 1. The van der Waals surface area contributed by atoms with Crippen LogP contribution in [0.15, 0.2) is 0 Å². The molecular formula is C7H13FO. The van der Waals surface area contributed by atoms with E-state index < -0.39 is 6.17 Å². The third-order valence-corrected chi connectivity index (χ3v) is 2.01. The Kier molecular flexibility index (Phi) is 2.46. The summed E-state index contributed by atoms with van der Waals surface area (Å²) >= 11 is 0. The molecule has 0 spiro atoms. The van der Waals surface area contributed by atoms with Crippen molar-refractivity contribution in [2.24, 2.45) is 5.92 Å². The predicted octanol–water partition coefficient (Wildman–Crippen LogP) is 1.51. The Labute approximate surface area is 54.9 Å². The Morgan fingerprint density at radius 3 is 2.56 bits per heavy atom. The van der Waals surface area contributed by atoms with Crippen molar-refractivity contribution >= 4 is 0 Å². The number of rotatable bonds is 3. The van der Waals surface area contributed by atoms with Gasteiger partial charge in [0.25, 0.3) is 0 Å². The molecule has 54 valence electrons. The Bertz CT molecular complexity index is 78.2. The van der Waals surface area contributed by atoms with Crippen LogP contribution in [0.2, 0.25) is 0 Å². The van der Waals surface area contributed by atoms with Crippen LogP contribution in [0.4, 0.5) is 4.39 Å². The van der Waals surface area contributed by atoms with Crippen LogP contribution in [0.3, 0.4) is 0 Å². The van der Waals surface area contributed by atoms with Crippen LogP contribution in [-0.4, -0.2) is 17.9 Å². The largest absolute Gasteiger partial charge is 0.393 e. The number of aliphatic hydroxyl groups is 1. The van der Waals surface area contributed by atoms with Gasteiger partial charge in [0.05, 0.1) is 6.61 Å². The first kappa shape index (κ1) is 7.00. The molecule has 1 N–H and O–H groups in total. The fourth-order valence-corrected chi connectivity index (χ4v) is 1.16. The maximum Gasteiger partial charge on any atom is 0.123 e. The summed E-state index contributed by atoms with van der Waals surface area (Å²) in [6.45, 7) is -0.295. The van der Waals surface area contributed by atoms with E-state index in [9.17, 15) is 4.39 Å². The van der Waals surface area contributed by atoms with E-state index in [0.717, 1.165) is 0 Å². The van der Waals surface area contributed by atoms with Crippen LogP contribution in [0, 0.1) is 5.92 Å². The van der Waals surface area contributed by atoms with Gasteiger partial charge in [-0.2, -0.15) is 0 Å². The molecule has 1 unspecified atom stereocenters. The lowest BCUT2D eigenvalue weighted by atomic mass is 9.82. The van der Waals surface area contributed by atoms with E-state index >= 15 is 0 Å². The average Bonchev–Trinajstić information content (AvgIpc) is 1.78. The summed E-state index contributed by atoms with van der Waals surface area (Å²) in [5.41, 5.74) is 0. The number of hydrogen-bond donors (Lipinski definition) is 1. The maximum absolute atomic E-state index is 12.4. The number of aliphatic hydroxyl groups excluding tert-OH is 1. The van der Waals surface area contributed by atoms with E-state index in [1.54, 1.807) is 0 Å². The van der Waals surface area contributed by atoms with Gasteiger partial charge in [0.1, 0.15) is 6.17 Å². The zero-order valence-corrected chi connectivity index (χ0v) is 5.52. The molecule has 0 bridgehead atoms. The molecule has 2 heteroatoms. The monoisotopic (exact) mass is 132 g/mol. The first-order chi connectivity index (χ1) is 4.33. The van der Waals surface area contributed by atoms with Crippen molar-refractivity contribution < 1.29 is 9.50 Å². The smallest absolute Gasteiger partial charge is 0.123 e. The van der Waals surface area contributed by atoms with Gasteiger partial charge in [-0.05, 0) is 12.3 Å². The molecule has 0 saturated heterocycles. The second kappa shape index (κ2) is 3.16. The van der Waals surface area contributed by atoms with Crippen LogP contribution in [0.1, 0.15) is 25.7 Å². The van der Waals surface area contributed by atoms with Gasteiger partial charge in [0.15, 0.2) is 0 Å². The summed E-state index contributed by atoms with van der Waals surface area (Å²) < 4.78 is 12.4. The number of hydrogen-bond acceptors (Lipinski definition) is 1. The van der Waals surface area contributed by atoms with Crippen molar-refractivity contribution in [1.82, 2.24) is 0 Å². The van der Waals surface area contributed by atoms with E-state index in [4.69, 9.17) is 5.11 Å². The zero-order valence-electron chi connectivity index (χ0n) is 5.52. The van der Waals surface area contributed by atoms with Crippen LogP contribution in [-0.2, 0) is 0 Å². The van der Waals surface area contributed by atoms with E-state index in [-0.39, 0.29) is 6.61 Å². The Morgan fingerprint density at radius 2 is 2.22 bits per heavy atom. The second-order valence-electron chi connectivity index (χ2n) is 2.81. The summed E-state index contributed by atoms with van der Waals surface area (Å²) in [4.78, 5) is 0. The van der Waals surface area contributed by atoms with Gasteiger partial charge in [-0.25, -0.2) is 4.39 Å². The van der Waals surface area contributed by atoms with Crippen molar-refractivity contribution in [3.05, 3.63) is 0 Å². The predicted molar refractivity (Wildman–Crippen MR) is 33.9 cm³/mol. The second-order valence-corrected chi connectivity index (χ2v) is 2.81. The highest BCUT2D eigenvalue weighted by atomic mass is 19.1. The minimum Gasteiger partial charge on any atom is -0.393 e. The van der Waals surface area contributed by atoms with Crippen molar-refractivity contribution in [3.8, 4) is 0 Å². The van der Waals surface area contributed by atoms with Crippen molar-refractivity contribution in [3.63, 3.8) is 0 Å². The first-order valence-corrected chi connectivity index (χ1v) is 3.58. The van der Waals surface area contributed by atoms with Gasteiger partial charge in [0, 0.05) is 0 Å². The molecule has 1 aliphatic carbocycles. The molecular weight excluding hydrogens is 119 g/mol. The molecule has 0 amide bonds. The molecule has 0 aromatic rings. The fraction of sp³-hybridized carbons (Fsp3) is 1.00. The lowest BCUT2D eigenvalue weighted by Gasteiger charge is -2.25. The van der Waals surface area contributed by atoms with E-state index in [0.29, 0.717) is 12.3 Å². The van der Waals surface area contributed by atoms with E-state index in [2.05, 4.69) is 0 Å². The van der Waals surface area contributed by atoms with Crippen LogP contribution >= 0.6 is 0 Å². The molecule has 1 nitrogen and oxygen atoms in total. The zero-order chi connectivity index (χ0) is 6.69. The molecule has 9 heavy (non-hydrogen) atoms. The molecule has 0 aromatic heterocycles. The van der Waals surface area contributed by atoms with Gasteiger partial charge >= 0.3 is 0 Å². The highest BCUT2D eigenvalue weighted by Gasteiger charge is 2.20. The van der Waals surface area contributed by atoms with Gasteiger partial charge in [0.2, 0.25) is 0 Å². The van der Waals surface area contributed by atoms with Crippen LogP contribution in [0.25, 0.3) is 0 Å². The van der Waals surface area contributed by atoms with Gasteiger partial charge in [-0.1, -0.05) is 19.3 Å². The maximum atomic E-state index is 12.4. The van der Waals surface area contributed by atoms with Crippen molar-refractivity contribution in [2.45, 2.75) is 31.9 Å². The summed E-state index contributed by atoms with van der Waals surface area (Å²) in [6, 6.07) is 0. The Morgan fingerprint density at radius 1 is 1.56 bits per heavy atom. The minimum atomic E-state index is -0.963. The van der Waals surface area contributed by atoms with Gasteiger partial charge in [-0.15, -0.1) is 0 Å². The number of alkyl halides is 1. The molecule has 1 atom stereocenters. The van der Waals surface area contributed by atoms with Gasteiger partial charge < -0.3 is 5.11 Å². The summed E-state index contributed by atoms with van der Waals surface area (Å²) in [5, 5.41) is 8.33. The van der Waals surface area contributed by atoms with E-state index in [1.807, 2.05) is 0 Å². The average molecular weight is 132 g/mol. The molecule has 0 aromatic carbocycles. The topological polar surface area (TPSA) is 20.2 Å². The fourth-order valence-electron chi connectivity index (χ4n) is 1.16. The Balaban J connectivity index is 2.01. The Hall–Kier alpha value is -0.110. The lowest BCUT2D eigenvalue weighted by Crippen LogP contribution is -2.18. The highest BCUT2D eigenvalue weighted by molar-refractivity contribution is 4.72. The molecule has 0 aliphatic heterocycles. The third kappa shape index (κ3) is 1.94.